The molecule has 0 saturated heterocycles. The summed E-state index contributed by atoms with van der Waals surface area (Å²) in [6, 6.07) is 10.4. The molecule has 2 aromatic rings. The minimum atomic E-state index is 0.317. The van der Waals surface area contributed by atoms with Crippen LogP contribution < -0.4 is 18.9 Å². The van der Waals surface area contributed by atoms with E-state index in [1.165, 1.54) is 16.7 Å². The van der Waals surface area contributed by atoms with Crippen LogP contribution in [0.25, 0.3) is 0 Å². The van der Waals surface area contributed by atoms with E-state index in [0.717, 1.165) is 49.1 Å². The average Bonchev–Trinajstić information content (AvgIpc) is 3.08. The zero-order valence-corrected chi connectivity index (χ0v) is 14.0. The van der Waals surface area contributed by atoms with E-state index in [0.29, 0.717) is 6.79 Å². The first-order valence-electron chi connectivity index (χ1n) is 8.11. The Bertz CT molecular complexity index is 759. The SMILES string of the molecule is COc1cc2c(cc1OC)CN(Cc1ccc3c(c1)OCO3)CC2. The van der Waals surface area contributed by atoms with Gasteiger partial charge >= 0.3 is 0 Å². The average molecular weight is 327 g/mol. The summed E-state index contributed by atoms with van der Waals surface area (Å²) in [5, 5.41) is 0. The van der Waals surface area contributed by atoms with E-state index in [1.807, 2.05) is 6.07 Å². The molecule has 2 aromatic carbocycles. The molecule has 0 spiro atoms. The smallest absolute Gasteiger partial charge is 0.231 e. The van der Waals surface area contributed by atoms with E-state index in [1.54, 1.807) is 14.2 Å². The lowest BCUT2D eigenvalue weighted by Crippen LogP contribution is -2.30. The highest BCUT2D eigenvalue weighted by molar-refractivity contribution is 5.48. The van der Waals surface area contributed by atoms with Crippen molar-refractivity contribution in [3.63, 3.8) is 0 Å². The summed E-state index contributed by atoms with van der Waals surface area (Å²) in [7, 11) is 3.36. The van der Waals surface area contributed by atoms with Gasteiger partial charge in [-0.2, -0.15) is 0 Å². The number of fused-ring (bicyclic) bond motifs is 2. The third-order valence-electron chi connectivity index (χ3n) is 4.64. The second-order valence-corrected chi connectivity index (χ2v) is 6.12. The number of benzene rings is 2. The number of ether oxygens (including phenoxy) is 4. The van der Waals surface area contributed by atoms with Gasteiger partial charge in [0.25, 0.3) is 0 Å². The van der Waals surface area contributed by atoms with Crippen LogP contribution in [-0.4, -0.2) is 32.5 Å². The van der Waals surface area contributed by atoms with Crippen molar-refractivity contribution >= 4 is 0 Å². The Labute approximate surface area is 141 Å². The predicted molar refractivity (Wildman–Crippen MR) is 89.9 cm³/mol. The Morgan fingerprint density at radius 1 is 0.958 bits per heavy atom. The van der Waals surface area contributed by atoms with Crippen molar-refractivity contribution in [1.82, 2.24) is 4.90 Å². The molecule has 5 heteroatoms. The number of rotatable bonds is 4. The van der Waals surface area contributed by atoms with Crippen molar-refractivity contribution in [2.75, 3.05) is 27.6 Å². The Morgan fingerprint density at radius 3 is 2.50 bits per heavy atom. The molecule has 0 unspecified atom stereocenters. The van der Waals surface area contributed by atoms with Gasteiger partial charge in [-0.15, -0.1) is 0 Å². The fourth-order valence-corrected chi connectivity index (χ4v) is 3.37. The lowest BCUT2D eigenvalue weighted by atomic mass is 9.98. The van der Waals surface area contributed by atoms with E-state index in [-0.39, 0.29) is 0 Å². The van der Waals surface area contributed by atoms with Gasteiger partial charge in [-0.1, -0.05) is 6.07 Å². The summed E-state index contributed by atoms with van der Waals surface area (Å²) >= 11 is 0. The summed E-state index contributed by atoms with van der Waals surface area (Å²) in [6.45, 7) is 3.14. The number of hydrogen-bond donors (Lipinski definition) is 0. The molecular weight excluding hydrogens is 306 g/mol. The fourth-order valence-electron chi connectivity index (χ4n) is 3.37. The minimum Gasteiger partial charge on any atom is -0.493 e. The minimum absolute atomic E-state index is 0.317. The van der Waals surface area contributed by atoms with Gasteiger partial charge in [0.15, 0.2) is 23.0 Å². The molecule has 0 aromatic heterocycles. The largest absolute Gasteiger partial charge is 0.493 e. The molecule has 0 amide bonds. The highest BCUT2D eigenvalue weighted by Crippen LogP contribution is 2.35. The number of nitrogens with zero attached hydrogens (tertiary/aromatic N) is 1. The summed E-state index contributed by atoms with van der Waals surface area (Å²) in [5.41, 5.74) is 3.89. The van der Waals surface area contributed by atoms with Crippen LogP contribution in [-0.2, 0) is 19.5 Å². The summed E-state index contributed by atoms with van der Waals surface area (Å²) in [5.74, 6) is 3.28. The Morgan fingerprint density at radius 2 is 1.71 bits per heavy atom. The van der Waals surface area contributed by atoms with Crippen LogP contribution in [0.3, 0.4) is 0 Å². The van der Waals surface area contributed by atoms with Crippen LogP contribution in [0.5, 0.6) is 23.0 Å². The monoisotopic (exact) mass is 327 g/mol. The number of hydrogen-bond acceptors (Lipinski definition) is 5. The molecule has 24 heavy (non-hydrogen) atoms. The zero-order valence-electron chi connectivity index (χ0n) is 14.0. The third-order valence-corrected chi connectivity index (χ3v) is 4.64. The van der Waals surface area contributed by atoms with Crippen LogP contribution >= 0.6 is 0 Å². The van der Waals surface area contributed by atoms with E-state index in [2.05, 4.69) is 29.2 Å². The molecular formula is C19H21NO4. The van der Waals surface area contributed by atoms with Crippen molar-refractivity contribution < 1.29 is 18.9 Å². The van der Waals surface area contributed by atoms with Crippen LogP contribution in [0.2, 0.25) is 0 Å². The van der Waals surface area contributed by atoms with Gasteiger partial charge in [-0.3, -0.25) is 4.90 Å². The standard InChI is InChI=1S/C19H21NO4/c1-21-17-8-14-5-6-20(11-15(14)9-18(17)22-2)10-13-3-4-16-19(7-13)24-12-23-16/h3-4,7-9H,5-6,10-12H2,1-2H3. The summed E-state index contributed by atoms with van der Waals surface area (Å²) in [6.07, 6.45) is 1.01. The second-order valence-electron chi connectivity index (χ2n) is 6.12. The molecule has 0 aliphatic carbocycles. The molecule has 0 fully saturated rings. The van der Waals surface area contributed by atoms with Crippen LogP contribution in [0.4, 0.5) is 0 Å². The highest BCUT2D eigenvalue weighted by Gasteiger charge is 2.20. The first-order valence-corrected chi connectivity index (χ1v) is 8.11. The van der Waals surface area contributed by atoms with Gasteiger partial charge < -0.3 is 18.9 Å². The molecule has 126 valence electrons. The van der Waals surface area contributed by atoms with Crippen molar-refractivity contribution in [3.8, 4) is 23.0 Å². The fraction of sp³-hybridized carbons (Fsp3) is 0.368. The molecule has 0 saturated carbocycles. The molecule has 2 aliphatic heterocycles. The number of methoxy groups -OCH3 is 2. The first-order chi connectivity index (χ1) is 11.8. The van der Waals surface area contributed by atoms with E-state index < -0.39 is 0 Å². The Balaban J connectivity index is 1.52. The van der Waals surface area contributed by atoms with E-state index in [4.69, 9.17) is 18.9 Å². The maximum atomic E-state index is 5.47. The molecule has 2 aliphatic rings. The van der Waals surface area contributed by atoms with Gasteiger partial charge in [-0.25, -0.2) is 0 Å². The molecule has 0 radical (unpaired) electrons. The second kappa shape index (κ2) is 6.24. The maximum absolute atomic E-state index is 5.47. The van der Waals surface area contributed by atoms with Crippen molar-refractivity contribution in [1.29, 1.82) is 0 Å². The van der Waals surface area contributed by atoms with Crippen LogP contribution in [0.15, 0.2) is 30.3 Å². The quantitative estimate of drug-likeness (QED) is 0.863. The van der Waals surface area contributed by atoms with Gasteiger partial charge in [0.1, 0.15) is 0 Å². The molecule has 5 nitrogen and oxygen atoms in total. The lowest BCUT2D eigenvalue weighted by Gasteiger charge is -2.29. The molecule has 0 N–H and O–H groups in total. The van der Waals surface area contributed by atoms with Gasteiger partial charge in [0.2, 0.25) is 6.79 Å². The van der Waals surface area contributed by atoms with Crippen molar-refractivity contribution in [2.45, 2.75) is 19.5 Å². The first kappa shape index (κ1) is 15.1. The highest BCUT2D eigenvalue weighted by atomic mass is 16.7. The predicted octanol–water partition coefficient (Wildman–Crippen LogP) is 2.99. The molecule has 4 rings (SSSR count). The molecule has 0 bridgehead atoms. The Hall–Kier alpha value is -2.40. The summed E-state index contributed by atoms with van der Waals surface area (Å²) < 4.78 is 21.7. The van der Waals surface area contributed by atoms with E-state index >= 15 is 0 Å². The van der Waals surface area contributed by atoms with Crippen LogP contribution in [0.1, 0.15) is 16.7 Å². The van der Waals surface area contributed by atoms with Gasteiger partial charge in [0, 0.05) is 19.6 Å². The van der Waals surface area contributed by atoms with Gasteiger partial charge in [0.05, 0.1) is 14.2 Å². The third kappa shape index (κ3) is 2.76. The van der Waals surface area contributed by atoms with Crippen LogP contribution in [0, 0.1) is 0 Å². The van der Waals surface area contributed by atoms with E-state index in [9.17, 15) is 0 Å². The molecule has 0 atom stereocenters. The Kier molecular flexibility index (Phi) is 3.94. The normalized spacial score (nSPS) is 15.9. The zero-order chi connectivity index (χ0) is 16.5. The van der Waals surface area contributed by atoms with Crippen molar-refractivity contribution in [2.24, 2.45) is 0 Å². The molecule has 2 heterocycles. The maximum Gasteiger partial charge on any atom is 0.231 e. The lowest BCUT2D eigenvalue weighted by molar-refractivity contribution is 0.174. The summed E-state index contributed by atoms with van der Waals surface area (Å²) in [4.78, 5) is 2.44. The topological polar surface area (TPSA) is 40.2 Å². The van der Waals surface area contributed by atoms with Gasteiger partial charge in [-0.05, 0) is 47.4 Å². The van der Waals surface area contributed by atoms with Crippen molar-refractivity contribution in [3.05, 3.63) is 47.0 Å².